The molecule has 3 N–H and O–H groups in total. The van der Waals surface area contributed by atoms with Gasteiger partial charge in [-0.2, -0.15) is 0 Å². The van der Waals surface area contributed by atoms with Gasteiger partial charge in [-0.1, -0.05) is 61.9 Å². The molecule has 0 aromatic heterocycles. The number of hydrogen-bond donors (Lipinski definition) is 3. The summed E-state index contributed by atoms with van der Waals surface area (Å²) < 4.78 is 5.63. The molecule has 0 heterocycles. The van der Waals surface area contributed by atoms with E-state index < -0.39 is 18.1 Å². The van der Waals surface area contributed by atoms with Crippen molar-refractivity contribution in [3.8, 4) is 11.1 Å². The van der Waals surface area contributed by atoms with E-state index in [4.69, 9.17) is 4.74 Å². The highest BCUT2D eigenvalue weighted by Gasteiger charge is 2.31. The first-order valence-electron chi connectivity index (χ1n) is 12.1. The molecule has 2 aromatic carbocycles. The van der Waals surface area contributed by atoms with Crippen molar-refractivity contribution in [1.29, 1.82) is 0 Å². The van der Waals surface area contributed by atoms with Gasteiger partial charge < -0.3 is 20.5 Å². The van der Waals surface area contributed by atoms with Crippen LogP contribution in [0.3, 0.4) is 0 Å². The standard InChI is InChI=1S/C27H32N2O5/c1-2-7-24(26(31)32)29-25(30)17-12-14-18(15-13-17)28-27(33)34-16-23-21-10-5-3-8-19(21)20-9-4-6-11-22(20)23/h3-6,8-11,17-18,23-24H,2,7,12-16H2,1H3,(H,28,33)(H,29,30)(H,31,32). The average molecular weight is 465 g/mol. The molecule has 2 aromatic rings. The van der Waals surface area contributed by atoms with Gasteiger partial charge in [-0.3, -0.25) is 4.79 Å². The van der Waals surface area contributed by atoms with Gasteiger partial charge in [0.2, 0.25) is 5.91 Å². The molecule has 180 valence electrons. The lowest BCUT2D eigenvalue weighted by Gasteiger charge is -2.29. The highest BCUT2D eigenvalue weighted by Crippen LogP contribution is 2.44. The molecule has 0 saturated heterocycles. The molecule has 0 aliphatic heterocycles. The second kappa shape index (κ2) is 10.7. The lowest BCUT2D eigenvalue weighted by atomic mass is 9.85. The number of fused-ring (bicyclic) bond motifs is 3. The van der Waals surface area contributed by atoms with Gasteiger partial charge in [-0.25, -0.2) is 9.59 Å². The van der Waals surface area contributed by atoms with E-state index in [0.717, 1.165) is 0 Å². The van der Waals surface area contributed by atoms with Crippen molar-refractivity contribution in [2.24, 2.45) is 5.92 Å². The Labute approximate surface area is 199 Å². The van der Waals surface area contributed by atoms with Gasteiger partial charge >= 0.3 is 12.1 Å². The van der Waals surface area contributed by atoms with E-state index in [2.05, 4.69) is 34.9 Å². The number of aliphatic carboxylic acids is 1. The zero-order chi connectivity index (χ0) is 24.1. The lowest BCUT2D eigenvalue weighted by molar-refractivity contribution is -0.142. The van der Waals surface area contributed by atoms with Crippen LogP contribution >= 0.6 is 0 Å². The minimum absolute atomic E-state index is 0.0166. The minimum atomic E-state index is -0.999. The molecule has 1 saturated carbocycles. The molecule has 0 spiro atoms. The summed E-state index contributed by atoms with van der Waals surface area (Å²) in [5.41, 5.74) is 4.72. The smallest absolute Gasteiger partial charge is 0.407 e. The summed E-state index contributed by atoms with van der Waals surface area (Å²) in [5, 5.41) is 14.9. The van der Waals surface area contributed by atoms with Crippen LogP contribution < -0.4 is 10.6 Å². The molecule has 2 aliphatic rings. The van der Waals surface area contributed by atoms with Gasteiger partial charge in [0.05, 0.1) is 0 Å². The predicted molar refractivity (Wildman–Crippen MR) is 128 cm³/mol. The van der Waals surface area contributed by atoms with Crippen LogP contribution in [0.1, 0.15) is 62.5 Å². The number of rotatable bonds is 8. The fourth-order valence-electron chi connectivity index (χ4n) is 5.14. The van der Waals surface area contributed by atoms with Crippen LogP contribution in [0.25, 0.3) is 11.1 Å². The molecular weight excluding hydrogens is 432 g/mol. The van der Waals surface area contributed by atoms with Gasteiger partial charge in [-0.05, 0) is 54.4 Å². The number of ether oxygens (including phenoxy) is 1. The largest absolute Gasteiger partial charge is 0.480 e. The number of carbonyl (C=O) groups excluding carboxylic acids is 2. The van der Waals surface area contributed by atoms with Crippen molar-refractivity contribution in [1.82, 2.24) is 10.6 Å². The first kappa shape index (κ1) is 23.8. The van der Waals surface area contributed by atoms with Gasteiger partial charge in [0, 0.05) is 17.9 Å². The zero-order valence-electron chi connectivity index (χ0n) is 19.5. The molecule has 34 heavy (non-hydrogen) atoms. The van der Waals surface area contributed by atoms with E-state index in [1.54, 1.807) is 0 Å². The van der Waals surface area contributed by atoms with E-state index in [0.29, 0.717) is 38.5 Å². The zero-order valence-corrected chi connectivity index (χ0v) is 19.5. The van der Waals surface area contributed by atoms with E-state index in [-0.39, 0.29) is 30.4 Å². The van der Waals surface area contributed by atoms with Crippen molar-refractivity contribution in [2.45, 2.75) is 63.5 Å². The SMILES string of the molecule is CCCC(NC(=O)C1CCC(NC(=O)OCC2c3ccccc3-c3ccccc32)CC1)C(=O)O. The molecule has 7 nitrogen and oxygen atoms in total. The number of alkyl carbamates (subject to hydrolysis) is 1. The van der Waals surface area contributed by atoms with E-state index in [9.17, 15) is 19.5 Å². The maximum atomic E-state index is 12.5. The molecule has 0 radical (unpaired) electrons. The van der Waals surface area contributed by atoms with Crippen molar-refractivity contribution >= 4 is 18.0 Å². The van der Waals surface area contributed by atoms with Crippen molar-refractivity contribution in [2.75, 3.05) is 6.61 Å². The molecule has 2 amide bonds. The van der Waals surface area contributed by atoms with Crippen molar-refractivity contribution in [3.05, 3.63) is 59.7 Å². The number of carboxylic acid groups (broad SMARTS) is 1. The van der Waals surface area contributed by atoms with Gasteiger partial charge in [0.1, 0.15) is 12.6 Å². The van der Waals surface area contributed by atoms with Crippen molar-refractivity contribution < 1.29 is 24.2 Å². The third-order valence-electron chi connectivity index (χ3n) is 6.96. The Hall–Kier alpha value is -3.35. The summed E-state index contributed by atoms with van der Waals surface area (Å²) in [4.78, 5) is 36.3. The number of nitrogens with one attached hydrogen (secondary N) is 2. The Morgan fingerprint density at radius 3 is 2.12 bits per heavy atom. The Morgan fingerprint density at radius 2 is 1.56 bits per heavy atom. The molecule has 7 heteroatoms. The number of benzene rings is 2. The third-order valence-corrected chi connectivity index (χ3v) is 6.96. The van der Waals surface area contributed by atoms with Gasteiger partial charge in [0.15, 0.2) is 0 Å². The second-order valence-corrected chi connectivity index (χ2v) is 9.21. The van der Waals surface area contributed by atoms with E-state index in [1.165, 1.54) is 22.3 Å². The Balaban J connectivity index is 1.25. The van der Waals surface area contributed by atoms with Crippen LogP contribution in [0.4, 0.5) is 4.79 Å². The van der Waals surface area contributed by atoms with Gasteiger partial charge in [0.25, 0.3) is 0 Å². The minimum Gasteiger partial charge on any atom is -0.480 e. The van der Waals surface area contributed by atoms with Crippen LogP contribution in [-0.2, 0) is 14.3 Å². The summed E-state index contributed by atoms with van der Waals surface area (Å²) in [6.45, 7) is 2.16. The molecule has 1 fully saturated rings. The Bertz CT molecular complexity index is 999. The van der Waals surface area contributed by atoms with E-state index in [1.807, 2.05) is 31.2 Å². The molecule has 0 bridgehead atoms. The topological polar surface area (TPSA) is 105 Å². The van der Waals surface area contributed by atoms with E-state index >= 15 is 0 Å². The molecule has 2 aliphatic carbocycles. The highest BCUT2D eigenvalue weighted by molar-refractivity contribution is 5.85. The molecule has 1 unspecified atom stereocenters. The number of amides is 2. The van der Waals surface area contributed by atoms with Gasteiger partial charge in [-0.15, -0.1) is 0 Å². The predicted octanol–water partition coefficient (Wildman–Crippen LogP) is 4.45. The quantitative estimate of drug-likeness (QED) is 0.535. The average Bonchev–Trinajstić information content (AvgIpc) is 3.16. The number of hydrogen-bond acceptors (Lipinski definition) is 4. The van der Waals surface area contributed by atoms with Crippen molar-refractivity contribution in [3.63, 3.8) is 0 Å². The summed E-state index contributed by atoms with van der Waals surface area (Å²) in [5.74, 6) is -1.41. The Kier molecular flexibility index (Phi) is 7.50. The number of carbonyl (C=O) groups is 3. The fraction of sp³-hybridized carbons (Fsp3) is 0.444. The summed E-state index contributed by atoms with van der Waals surface area (Å²) >= 11 is 0. The first-order valence-corrected chi connectivity index (χ1v) is 12.1. The van der Waals surface area contributed by atoms with Crippen LogP contribution in [0.5, 0.6) is 0 Å². The fourth-order valence-corrected chi connectivity index (χ4v) is 5.14. The third kappa shape index (κ3) is 5.24. The normalized spacial score (nSPS) is 20.0. The summed E-state index contributed by atoms with van der Waals surface area (Å²) in [7, 11) is 0. The van der Waals surface area contributed by atoms with Crippen LogP contribution in [0.15, 0.2) is 48.5 Å². The molecule has 1 atom stereocenters. The van der Waals surface area contributed by atoms with Crippen LogP contribution in [0, 0.1) is 5.92 Å². The Morgan fingerprint density at radius 1 is 0.971 bits per heavy atom. The maximum absolute atomic E-state index is 12.5. The maximum Gasteiger partial charge on any atom is 0.407 e. The second-order valence-electron chi connectivity index (χ2n) is 9.21. The highest BCUT2D eigenvalue weighted by atomic mass is 16.5. The van der Waals surface area contributed by atoms with Crippen LogP contribution in [0.2, 0.25) is 0 Å². The molecular formula is C27H32N2O5. The first-order chi connectivity index (χ1) is 16.5. The molecule has 4 rings (SSSR count). The summed E-state index contributed by atoms with van der Waals surface area (Å²) in [6.07, 6.45) is 3.20. The monoisotopic (exact) mass is 464 g/mol. The van der Waals surface area contributed by atoms with Crippen LogP contribution in [-0.4, -0.2) is 41.8 Å². The number of carboxylic acids is 1. The lowest BCUT2D eigenvalue weighted by Crippen LogP contribution is -2.46. The summed E-state index contributed by atoms with van der Waals surface area (Å²) in [6, 6.07) is 15.5.